The molecule has 0 aliphatic rings. The van der Waals surface area contributed by atoms with Crippen LogP contribution in [-0.2, 0) is 11.3 Å². The molecule has 0 aliphatic carbocycles. The molecule has 2 rings (SSSR count). The number of nitrogens with one attached hydrogen (secondary N) is 1. The van der Waals surface area contributed by atoms with Gasteiger partial charge in [0.2, 0.25) is 0 Å². The highest BCUT2D eigenvalue weighted by molar-refractivity contribution is 5.90. The number of phenolic OH excluding ortho intramolecular Hbond substituents is 2. The van der Waals surface area contributed by atoms with Gasteiger partial charge in [-0.1, -0.05) is 0 Å². The molecule has 5 nitrogen and oxygen atoms in total. The van der Waals surface area contributed by atoms with Gasteiger partial charge in [-0.15, -0.1) is 0 Å². The van der Waals surface area contributed by atoms with Crippen molar-refractivity contribution in [3.63, 3.8) is 0 Å². The lowest BCUT2D eigenvalue weighted by molar-refractivity contribution is 0.0595. The van der Waals surface area contributed by atoms with Crippen LogP contribution >= 0.6 is 0 Å². The first-order chi connectivity index (χ1) is 10.0. The van der Waals surface area contributed by atoms with E-state index in [1.54, 1.807) is 6.07 Å². The zero-order valence-electron chi connectivity index (χ0n) is 11.3. The predicted octanol–water partition coefficient (Wildman–Crippen LogP) is 2.64. The molecular weight excluding hydrogens is 277 g/mol. The van der Waals surface area contributed by atoms with E-state index in [-0.39, 0.29) is 23.6 Å². The maximum absolute atomic E-state index is 13.5. The van der Waals surface area contributed by atoms with Crippen LogP contribution in [0.3, 0.4) is 0 Å². The molecule has 0 bridgehead atoms. The Balaban J connectivity index is 2.15. The molecular formula is C15H14FNO4. The van der Waals surface area contributed by atoms with Crippen LogP contribution < -0.4 is 5.32 Å². The summed E-state index contributed by atoms with van der Waals surface area (Å²) in [7, 11) is 1.18. The molecule has 0 atom stereocenters. The van der Waals surface area contributed by atoms with Gasteiger partial charge in [0.25, 0.3) is 0 Å². The molecule has 6 heteroatoms. The molecule has 3 N–H and O–H groups in total. The van der Waals surface area contributed by atoms with Crippen molar-refractivity contribution in [1.29, 1.82) is 0 Å². The van der Waals surface area contributed by atoms with Crippen LogP contribution in [0.1, 0.15) is 15.9 Å². The van der Waals surface area contributed by atoms with Crippen molar-refractivity contribution in [1.82, 2.24) is 0 Å². The van der Waals surface area contributed by atoms with Crippen LogP contribution in [0.15, 0.2) is 36.4 Å². The number of rotatable bonds is 4. The van der Waals surface area contributed by atoms with Crippen molar-refractivity contribution in [2.45, 2.75) is 6.54 Å². The summed E-state index contributed by atoms with van der Waals surface area (Å²) in [6.07, 6.45) is 0. The Labute approximate surface area is 120 Å². The molecule has 110 valence electrons. The van der Waals surface area contributed by atoms with E-state index < -0.39 is 11.8 Å². The molecule has 0 saturated heterocycles. The lowest BCUT2D eigenvalue weighted by Gasteiger charge is -2.10. The largest absolute Gasteiger partial charge is 0.508 e. The molecule has 0 radical (unpaired) electrons. The summed E-state index contributed by atoms with van der Waals surface area (Å²) in [5.74, 6) is -1.52. The van der Waals surface area contributed by atoms with Crippen LogP contribution in [0.2, 0.25) is 0 Å². The van der Waals surface area contributed by atoms with Gasteiger partial charge in [-0.3, -0.25) is 0 Å². The topological polar surface area (TPSA) is 78.8 Å². The van der Waals surface area contributed by atoms with E-state index in [0.717, 1.165) is 6.07 Å². The number of carbonyl (C=O) groups is 1. The lowest BCUT2D eigenvalue weighted by Crippen LogP contribution is -2.06. The number of halogens is 1. The SMILES string of the molecule is COC(=O)c1cc(NCc2ccc(O)cc2O)ccc1F. The summed E-state index contributed by atoms with van der Waals surface area (Å²) >= 11 is 0. The average Bonchev–Trinajstić information content (AvgIpc) is 2.47. The minimum atomic E-state index is -0.761. The molecule has 2 aromatic rings. The predicted molar refractivity (Wildman–Crippen MR) is 74.8 cm³/mol. The Morgan fingerprint density at radius 2 is 2.00 bits per heavy atom. The third kappa shape index (κ3) is 3.42. The van der Waals surface area contributed by atoms with Crippen molar-refractivity contribution in [2.75, 3.05) is 12.4 Å². The van der Waals surface area contributed by atoms with Gasteiger partial charge < -0.3 is 20.3 Å². The fourth-order valence-corrected chi connectivity index (χ4v) is 1.80. The number of methoxy groups -OCH3 is 1. The van der Waals surface area contributed by atoms with E-state index in [9.17, 15) is 19.4 Å². The summed E-state index contributed by atoms with van der Waals surface area (Å²) in [5, 5.41) is 21.8. The second kappa shape index (κ2) is 6.13. The maximum atomic E-state index is 13.5. The summed E-state index contributed by atoms with van der Waals surface area (Å²) in [5.41, 5.74) is 0.887. The fourth-order valence-electron chi connectivity index (χ4n) is 1.80. The standard InChI is InChI=1S/C15H14FNO4/c1-21-15(20)12-6-10(3-5-13(12)16)17-8-9-2-4-11(18)7-14(9)19/h2-7,17-19H,8H2,1H3. The van der Waals surface area contributed by atoms with Crippen molar-refractivity contribution >= 4 is 11.7 Å². The molecule has 0 heterocycles. The summed E-state index contributed by atoms with van der Waals surface area (Å²) in [6, 6.07) is 8.19. The van der Waals surface area contributed by atoms with Gasteiger partial charge in [-0.05, 0) is 30.3 Å². The molecule has 0 unspecified atom stereocenters. The molecule has 0 fully saturated rings. The van der Waals surface area contributed by atoms with Crippen LogP contribution in [0.4, 0.5) is 10.1 Å². The zero-order valence-corrected chi connectivity index (χ0v) is 11.3. The summed E-state index contributed by atoms with van der Waals surface area (Å²) < 4.78 is 18.0. The zero-order chi connectivity index (χ0) is 15.4. The number of anilines is 1. The van der Waals surface area contributed by atoms with E-state index in [1.165, 1.54) is 31.4 Å². The highest BCUT2D eigenvalue weighted by Gasteiger charge is 2.12. The van der Waals surface area contributed by atoms with Gasteiger partial charge >= 0.3 is 5.97 Å². The van der Waals surface area contributed by atoms with Gasteiger partial charge in [-0.25, -0.2) is 9.18 Å². The third-order valence-corrected chi connectivity index (χ3v) is 2.92. The van der Waals surface area contributed by atoms with Crippen LogP contribution in [0.5, 0.6) is 11.5 Å². The number of benzene rings is 2. The summed E-state index contributed by atoms with van der Waals surface area (Å²) in [4.78, 5) is 11.4. The number of esters is 1. The monoisotopic (exact) mass is 291 g/mol. The first-order valence-corrected chi connectivity index (χ1v) is 6.14. The number of ether oxygens (including phenoxy) is 1. The second-order valence-electron chi connectivity index (χ2n) is 4.35. The maximum Gasteiger partial charge on any atom is 0.340 e. The smallest absolute Gasteiger partial charge is 0.340 e. The highest BCUT2D eigenvalue weighted by atomic mass is 19.1. The first kappa shape index (κ1) is 14.6. The third-order valence-electron chi connectivity index (χ3n) is 2.92. The molecule has 0 aliphatic heterocycles. The molecule has 0 saturated carbocycles. The molecule has 21 heavy (non-hydrogen) atoms. The first-order valence-electron chi connectivity index (χ1n) is 6.14. The minimum absolute atomic E-state index is 0.0361. The van der Waals surface area contributed by atoms with Gasteiger partial charge in [0.05, 0.1) is 12.7 Å². The van der Waals surface area contributed by atoms with Crippen molar-refractivity contribution in [3.05, 3.63) is 53.3 Å². The Bertz CT molecular complexity index is 673. The number of carbonyl (C=O) groups excluding carboxylic acids is 1. The van der Waals surface area contributed by atoms with Crippen LogP contribution in [0.25, 0.3) is 0 Å². The van der Waals surface area contributed by atoms with E-state index in [2.05, 4.69) is 10.1 Å². The van der Waals surface area contributed by atoms with Crippen molar-refractivity contribution in [2.24, 2.45) is 0 Å². The minimum Gasteiger partial charge on any atom is -0.508 e. The Morgan fingerprint density at radius 3 is 2.67 bits per heavy atom. The molecule has 2 aromatic carbocycles. The normalized spacial score (nSPS) is 10.2. The van der Waals surface area contributed by atoms with E-state index in [0.29, 0.717) is 11.3 Å². The van der Waals surface area contributed by atoms with Gasteiger partial charge in [0.15, 0.2) is 0 Å². The number of phenols is 2. The van der Waals surface area contributed by atoms with Crippen LogP contribution in [0, 0.1) is 5.82 Å². The number of aromatic hydroxyl groups is 2. The van der Waals surface area contributed by atoms with E-state index in [1.807, 2.05) is 0 Å². The molecule has 0 spiro atoms. The Kier molecular flexibility index (Phi) is 4.27. The van der Waals surface area contributed by atoms with E-state index >= 15 is 0 Å². The average molecular weight is 291 g/mol. The van der Waals surface area contributed by atoms with Crippen molar-refractivity contribution < 1.29 is 24.1 Å². The quantitative estimate of drug-likeness (QED) is 0.755. The number of hydrogen-bond donors (Lipinski definition) is 3. The Morgan fingerprint density at radius 1 is 1.24 bits per heavy atom. The molecule has 0 amide bonds. The molecule has 0 aromatic heterocycles. The highest BCUT2D eigenvalue weighted by Crippen LogP contribution is 2.24. The number of hydrogen-bond acceptors (Lipinski definition) is 5. The van der Waals surface area contributed by atoms with Gasteiger partial charge in [0.1, 0.15) is 17.3 Å². The van der Waals surface area contributed by atoms with Crippen LogP contribution in [-0.4, -0.2) is 23.3 Å². The second-order valence-corrected chi connectivity index (χ2v) is 4.35. The fraction of sp³-hybridized carbons (Fsp3) is 0.133. The van der Waals surface area contributed by atoms with Crippen molar-refractivity contribution in [3.8, 4) is 11.5 Å². The van der Waals surface area contributed by atoms with Gasteiger partial charge in [0, 0.05) is 23.9 Å². The Hall–Kier alpha value is -2.76. The summed E-state index contributed by atoms with van der Waals surface area (Å²) in [6.45, 7) is 0.248. The lowest BCUT2D eigenvalue weighted by atomic mass is 10.1. The van der Waals surface area contributed by atoms with E-state index in [4.69, 9.17) is 0 Å². The van der Waals surface area contributed by atoms with Gasteiger partial charge in [-0.2, -0.15) is 0 Å².